The van der Waals surface area contributed by atoms with Crippen molar-refractivity contribution >= 4 is 45.1 Å². The van der Waals surface area contributed by atoms with Gasteiger partial charge in [0.25, 0.3) is 0 Å². The summed E-state index contributed by atoms with van der Waals surface area (Å²) in [4.78, 5) is 8.38. The number of sulfone groups is 1. The molecule has 3 rings (SSSR count). The molecular weight excluding hydrogens is 429 g/mol. The Balaban J connectivity index is 1.85. The summed E-state index contributed by atoms with van der Waals surface area (Å²) >= 11 is 6.17. The van der Waals surface area contributed by atoms with E-state index in [0.717, 1.165) is 0 Å². The minimum absolute atomic E-state index is 0.0960. The Kier molecular flexibility index (Phi) is 6.63. The Labute approximate surface area is 179 Å². The summed E-state index contributed by atoms with van der Waals surface area (Å²) in [5, 5.41) is 6.47. The number of nitrogens with one attached hydrogen (secondary N) is 2. The Morgan fingerprint density at radius 1 is 1.13 bits per heavy atom. The van der Waals surface area contributed by atoms with Gasteiger partial charge in [-0.3, -0.25) is 0 Å². The monoisotopic (exact) mass is 447 g/mol. The quantitative estimate of drug-likeness (QED) is 0.404. The fraction of sp³-hybridized carbons (Fsp3) is 0.150. The molecule has 0 aliphatic carbocycles. The number of nitrogens with zero attached hydrogens (tertiary/aromatic N) is 3. The van der Waals surface area contributed by atoms with Crippen molar-refractivity contribution in [1.29, 1.82) is 0 Å². The van der Waals surface area contributed by atoms with Crippen LogP contribution < -0.4 is 10.7 Å². The lowest BCUT2D eigenvalue weighted by molar-refractivity contribution is 0.587. The van der Waals surface area contributed by atoms with E-state index in [0.29, 0.717) is 11.3 Å². The molecule has 0 amide bonds. The van der Waals surface area contributed by atoms with E-state index in [9.17, 15) is 12.8 Å². The number of rotatable bonds is 7. The molecule has 2 aromatic carbocycles. The fourth-order valence-electron chi connectivity index (χ4n) is 2.45. The second-order valence-corrected chi connectivity index (χ2v) is 9.38. The Bertz CT molecular complexity index is 1190. The number of aromatic nitrogens is 2. The molecule has 30 heavy (non-hydrogen) atoms. The number of para-hydroxylation sites is 1. The highest BCUT2D eigenvalue weighted by atomic mass is 35.5. The molecule has 0 spiro atoms. The molecule has 2 N–H and O–H groups in total. The highest BCUT2D eigenvalue weighted by Gasteiger charge is 2.23. The molecule has 1 aromatic heterocycles. The summed E-state index contributed by atoms with van der Waals surface area (Å²) < 4.78 is 38.9. The topological polar surface area (TPSA) is 96.3 Å². The highest BCUT2D eigenvalue weighted by molar-refractivity contribution is 7.92. The number of hydrogen-bond acceptors (Lipinski definition) is 7. The van der Waals surface area contributed by atoms with Crippen molar-refractivity contribution < 1.29 is 12.8 Å². The second-order valence-electron chi connectivity index (χ2n) is 6.50. The average Bonchev–Trinajstić information content (AvgIpc) is 2.72. The average molecular weight is 448 g/mol. The van der Waals surface area contributed by atoms with Crippen LogP contribution in [0, 0.1) is 5.82 Å². The normalized spacial score (nSPS) is 11.8. The van der Waals surface area contributed by atoms with Gasteiger partial charge in [0.1, 0.15) is 10.8 Å². The van der Waals surface area contributed by atoms with Crippen LogP contribution in [0.2, 0.25) is 5.02 Å². The van der Waals surface area contributed by atoms with E-state index in [1.165, 1.54) is 24.5 Å². The largest absolute Gasteiger partial charge is 0.338 e. The van der Waals surface area contributed by atoms with Crippen LogP contribution in [0.25, 0.3) is 0 Å². The third kappa shape index (κ3) is 4.92. The van der Waals surface area contributed by atoms with Crippen molar-refractivity contribution in [2.24, 2.45) is 5.10 Å². The van der Waals surface area contributed by atoms with Crippen molar-refractivity contribution in [3.05, 3.63) is 71.1 Å². The molecule has 0 atom stereocenters. The van der Waals surface area contributed by atoms with E-state index in [1.807, 2.05) is 0 Å². The van der Waals surface area contributed by atoms with Crippen LogP contribution in [0.4, 0.5) is 21.8 Å². The van der Waals surface area contributed by atoms with Gasteiger partial charge in [0.15, 0.2) is 15.7 Å². The van der Waals surface area contributed by atoms with E-state index < -0.39 is 20.9 Å². The molecule has 0 bridgehead atoms. The summed E-state index contributed by atoms with van der Waals surface area (Å²) in [6.45, 7) is 3.22. The van der Waals surface area contributed by atoms with Gasteiger partial charge in [0.2, 0.25) is 5.95 Å². The second kappa shape index (κ2) is 9.19. The van der Waals surface area contributed by atoms with E-state index in [-0.39, 0.29) is 21.7 Å². The predicted molar refractivity (Wildman–Crippen MR) is 117 cm³/mol. The lowest BCUT2D eigenvalue weighted by Crippen LogP contribution is -2.15. The first-order valence-electron chi connectivity index (χ1n) is 8.95. The first-order chi connectivity index (χ1) is 14.3. The molecule has 0 aliphatic heterocycles. The Morgan fingerprint density at radius 3 is 2.57 bits per heavy atom. The summed E-state index contributed by atoms with van der Waals surface area (Å²) in [6.07, 6.45) is 2.64. The van der Waals surface area contributed by atoms with Crippen LogP contribution in [0.1, 0.15) is 19.4 Å². The fourth-order valence-corrected chi connectivity index (χ4v) is 3.79. The van der Waals surface area contributed by atoms with Crippen LogP contribution in [0.3, 0.4) is 0 Å². The third-order valence-corrected chi connectivity index (χ3v) is 6.57. The van der Waals surface area contributed by atoms with Crippen LogP contribution in [-0.2, 0) is 9.84 Å². The van der Waals surface area contributed by atoms with Crippen LogP contribution in [0.5, 0.6) is 0 Å². The van der Waals surface area contributed by atoms with E-state index in [4.69, 9.17) is 11.6 Å². The maximum atomic E-state index is 13.6. The van der Waals surface area contributed by atoms with E-state index in [2.05, 4.69) is 25.8 Å². The third-order valence-electron chi connectivity index (χ3n) is 4.08. The summed E-state index contributed by atoms with van der Waals surface area (Å²) in [5.74, 6) is -0.120. The Morgan fingerprint density at radius 2 is 1.83 bits per heavy atom. The summed E-state index contributed by atoms with van der Waals surface area (Å²) in [7, 11) is -3.52. The maximum absolute atomic E-state index is 13.6. The minimum Gasteiger partial charge on any atom is -0.338 e. The van der Waals surface area contributed by atoms with Gasteiger partial charge in [0, 0.05) is 5.56 Å². The maximum Gasteiger partial charge on any atom is 0.245 e. The molecule has 7 nitrogen and oxygen atoms in total. The van der Waals surface area contributed by atoms with Crippen LogP contribution in [0.15, 0.2) is 64.7 Å². The zero-order chi connectivity index (χ0) is 21.7. The van der Waals surface area contributed by atoms with Gasteiger partial charge in [-0.25, -0.2) is 23.2 Å². The van der Waals surface area contributed by atoms with Crippen molar-refractivity contribution in [2.45, 2.75) is 24.0 Å². The van der Waals surface area contributed by atoms with Gasteiger partial charge in [-0.05, 0) is 32.0 Å². The van der Waals surface area contributed by atoms with E-state index >= 15 is 0 Å². The standard InChI is InChI=1S/C20H19ClFN5O2S/c1-13(2)30(28,29)18-10-6-5-9-17(18)25-19-15(21)12-23-20(26-19)27-24-11-14-7-3-4-8-16(14)22/h3-13H,1-2H3,(H2,23,25,26,27)/b24-11+. The molecule has 0 radical (unpaired) electrons. The van der Waals surface area contributed by atoms with Crippen molar-refractivity contribution in [1.82, 2.24) is 9.97 Å². The molecule has 156 valence electrons. The first-order valence-corrected chi connectivity index (χ1v) is 10.9. The number of halogens is 2. The molecular formula is C20H19ClFN5O2S. The number of benzene rings is 2. The zero-order valence-corrected chi connectivity index (χ0v) is 17.7. The molecule has 1 heterocycles. The SMILES string of the molecule is CC(C)S(=O)(=O)c1ccccc1Nc1nc(N/N=C/c2ccccc2F)ncc1Cl. The molecule has 0 aliphatic rings. The number of hydrogen-bond donors (Lipinski definition) is 2. The van der Waals surface area contributed by atoms with E-state index in [1.54, 1.807) is 50.2 Å². The summed E-state index contributed by atoms with van der Waals surface area (Å²) in [6, 6.07) is 12.7. The highest BCUT2D eigenvalue weighted by Crippen LogP contribution is 2.30. The van der Waals surface area contributed by atoms with Gasteiger partial charge in [-0.1, -0.05) is 41.9 Å². The molecule has 0 fully saturated rings. The smallest absolute Gasteiger partial charge is 0.245 e. The minimum atomic E-state index is -3.52. The number of anilines is 3. The first kappa shape index (κ1) is 21.7. The predicted octanol–water partition coefficient (Wildman–Crippen LogP) is 4.64. The molecule has 10 heteroatoms. The van der Waals surface area contributed by atoms with Gasteiger partial charge in [-0.15, -0.1) is 0 Å². The number of hydrazone groups is 1. The lowest BCUT2D eigenvalue weighted by Gasteiger charge is -2.15. The van der Waals surface area contributed by atoms with Crippen LogP contribution >= 0.6 is 11.6 Å². The van der Waals surface area contributed by atoms with Crippen molar-refractivity contribution in [3.8, 4) is 0 Å². The van der Waals surface area contributed by atoms with Crippen molar-refractivity contribution in [2.75, 3.05) is 10.7 Å². The van der Waals surface area contributed by atoms with Gasteiger partial charge >= 0.3 is 0 Å². The zero-order valence-electron chi connectivity index (χ0n) is 16.2. The van der Waals surface area contributed by atoms with Crippen LogP contribution in [-0.4, -0.2) is 29.9 Å². The molecule has 0 unspecified atom stereocenters. The van der Waals surface area contributed by atoms with Gasteiger partial charge < -0.3 is 5.32 Å². The van der Waals surface area contributed by atoms with Crippen molar-refractivity contribution in [3.63, 3.8) is 0 Å². The van der Waals surface area contributed by atoms with Gasteiger partial charge in [-0.2, -0.15) is 10.1 Å². The van der Waals surface area contributed by atoms with Gasteiger partial charge in [0.05, 0.1) is 28.2 Å². The molecule has 3 aromatic rings. The summed E-state index contributed by atoms with van der Waals surface area (Å²) in [5.41, 5.74) is 3.24. The molecule has 0 saturated carbocycles. The Hall–Kier alpha value is -3.04. The lowest BCUT2D eigenvalue weighted by atomic mass is 10.2. The molecule has 0 saturated heterocycles.